The molecule has 494 valence electrons. The van der Waals surface area contributed by atoms with Gasteiger partial charge in [-0.3, -0.25) is 38.4 Å². The van der Waals surface area contributed by atoms with Gasteiger partial charge >= 0.3 is 11.9 Å². The number of piperidine rings is 1. The lowest BCUT2D eigenvalue weighted by atomic mass is 9.87. The first-order chi connectivity index (χ1) is 44.0. The number of esters is 2. The molecule has 23 heteroatoms. The highest BCUT2D eigenvalue weighted by molar-refractivity contribution is 6.38. The molecule has 2 bridgehead atoms. The zero-order chi connectivity index (χ0) is 66.6. The Bertz CT molecular complexity index is 3300. The molecule has 0 radical (unpaired) electrons. The van der Waals surface area contributed by atoms with Gasteiger partial charge in [0.15, 0.2) is 11.5 Å². The lowest BCUT2D eigenvalue weighted by molar-refractivity contribution is -0.165. The second kappa shape index (κ2) is 33.3. The molecule has 23 nitrogen and oxygen atoms in total. The first-order valence-corrected chi connectivity index (χ1v) is 31.4. The highest BCUT2D eigenvalue weighted by Crippen LogP contribution is 2.33. The minimum Gasteiger partial charge on any atom is -0.508 e. The molecular weight excluding hydrogens is 1180 g/mol. The van der Waals surface area contributed by atoms with E-state index in [4.69, 9.17) is 18.9 Å². The number of hydrogen-bond donors (Lipinski definition) is 5. The summed E-state index contributed by atoms with van der Waals surface area (Å²) in [5, 5.41) is 21.8. The van der Waals surface area contributed by atoms with Gasteiger partial charge < -0.3 is 64.9 Å². The summed E-state index contributed by atoms with van der Waals surface area (Å²) >= 11 is 0. The van der Waals surface area contributed by atoms with Crippen LogP contribution in [0.5, 0.6) is 17.2 Å². The number of phenolic OH excluding ortho intramolecular Hbond substituents is 1. The number of carbonyl (C=O) groups is 10. The zero-order valence-electron chi connectivity index (χ0n) is 53.9. The summed E-state index contributed by atoms with van der Waals surface area (Å²) in [6, 6.07) is 20.9. The maximum absolute atomic E-state index is 15.0. The van der Waals surface area contributed by atoms with Gasteiger partial charge in [-0.15, -0.1) is 0 Å². The molecule has 3 aliphatic rings. The molecule has 5 N–H and O–H groups in total. The van der Waals surface area contributed by atoms with Crippen LogP contribution >= 0.6 is 0 Å². The van der Waals surface area contributed by atoms with Gasteiger partial charge in [0.05, 0.1) is 19.6 Å². The fourth-order valence-electron chi connectivity index (χ4n) is 11.5. The fraction of sp³-hybridized carbons (Fsp3) is 0.478. The zero-order valence-corrected chi connectivity index (χ0v) is 53.9. The Morgan fingerprint density at radius 1 is 0.696 bits per heavy atom. The SMILES string of the molecule is COc1ccc(CC[C@H]2OC(=O)[C@@H]3CCCCN3C(=O)C(=O)C(C)(C)COC(=O)C=CCNCCN(C)C(=O)[C@H](CC(C)C)N(C)C(=O)[C@H]3CCCN3C(=O)[C@H](Cc3ccc(O)cc3)NC(=O)C(c3ccccc3)NC(=O)CCC(=O)Nc3cccc2c3)cc1OC. The molecule has 7 amide bonds. The third kappa shape index (κ3) is 19.2. The number of ketones is 1. The second-order valence-electron chi connectivity index (χ2n) is 24.7. The number of benzene rings is 4. The number of ether oxygens (including phenoxy) is 4. The van der Waals surface area contributed by atoms with Crippen LogP contribution in [0.1, 0.15) is 120 Å². The summed E-state index contributed by atoms with van der Waals surface area (Å²) in [5.41, 5.74) is 1.06. The lowest BCUT2D eigenvalue weighted by Crippen LogP contribution is -2.58. The van der Waals surface area contributed by atoms with E-state index in [1.54, 1.807) is 93.0 Å². The summed E-state index contributed by atoms with van der Waals surface area (Å²) < 4.78 is 22.8. The lowest BCUT2D eigenvalue weighted by Gasteiger charge is -2.36. The van der Waals surface area contributed by atoms with Crippen molar-refractivity contribution in [2.75, 3.05) is 73.0 Å². The number of carbonyl (C=O) groups excluding carboxylic acids is 10. The Labute approximate surface area is 537 Å². The van der Waals surface area contributed by atoms with Gasteiger partial charge in [0.1, 0.15) is 48.7 Å². The van der Waals surface area contributed by atoms with Gasteiger partial charge in [-0.25, -0.2) is 9.59 Å². The van der Waals surface area contributed by atoms with Crippen LogP contribution in [0.4, 0.5) is 5.69 Å². The van der Waals surface area contributed by atoms with E-state index in [2.05, 4.69) is 21.3 Å². The molecule has 0 spiro atoms. The number of nitrogens with zero attached hydrogens (tertiary/aromatic N) is 4. The molecule has 0 aliphatic carbocycles. The molecule has 0 aromatic heterocycles. The predicted octanol–water partition coefficient (Wildman–Crippen LogP) is 5.93. The van der Waals surface area contributed by atoms with Crippen molar-refractivity contribution < 1.29 is 72.0 Å². The van der Waals surface area contributed by atoms with E-state index < -0.39 is 101 Å². The van der Waals surface area contributed by atoms with Crippen LogP contribution in [-0.4, -0.2) is 176 Å². The van der Waals surface area contributed by atoms with E-state index in [9.17, 15) is 48.3 Å². The average Bonchev–Trinajstić information content (AvgIpc) is 1.36. The third-order valence-corrected chi connectivity index (χ3v) is 16.8. The van der Waals surface area contributed by atoms with Gasteiger partial charge in [0.2, 0.25) is 41.2 Å². The quantitative estimate of drug-likeness (QED) is 0.0908. The van der Waals surface area contributed by atoms with Crippen molar-refractivity contribution >= 4 is 64.8 Å². The Balaban J connectivity index is 1.18. The number of cyclic esters (lactones) is 2. The smallest absolute Gasteiger partial charge is 0.330 e. The van der Waals surface area contributed by atoms with Crippen LogP contribution in [0.3, 0.4) is 0 Å². The summed E-state index contributed by atoms with van der Waals surface area (Å²) in [7, 11) is 6.21. The maximum Gasteiger partial charge on any atom is 0.330 e. The molecule has 4 aromatic carbocycles. The summed E-state index contributed by atoms with van der Waals surface area (Å²) in [4.78, 5) is 148. The van der Waals surface area contributed by atoms with E-state index >= 15 is 4.79 Å². The van der Waals surface area contributed by atoms with Crippen LogP contribution in [0.15, 0.2) is 109 Å². The molecular formula is C69H88N8O15. The Hall–Kier alpha value is -9.12. The van der Waals surface area contributed by atoms with Crippen molar-refractivity contribution in [3.8, 4) is 17.2 Å². The minimum atomic E-state index is -1.49. The number of fused-ring (bicyclic) bond motifs is 4. The first-order valence-electron chi connectivity index (χ1n) is 31.4. The summed E-state index contributed by atoms with van der Waals surface area (Å²) in [6.07, 6.45) is 3.88. The molecule has 3 aliphatic heterocycles. The maximum atomic E-state index is 15.0. The molecule has 0 saturated carbocycles. The van der Waals surface area contributed by atoms with Gasteiger partial charge in [-0.1, -0.05) is 80.6 Å². The average molecular weight is 1270 g/mol. The third-order valence-electron chi connectivity index (χ3n) is 16.8. The number of phenols is 1. The van der Waals surface area contributed by atoms with Crippen molar-refractivity contribution in [1.82, 2.24) is 35.6 Å². The number of likely N-dealkylation sites (N-methyl/N-ethyl adjacent to an activating group) is 2. The number of aryl methyl sites for hydroxylation is 1. The Kier molecular flexibility index (Phi) is 25.4. The van der Waals surface area contributed by atoms with E-state index in [0.29, 0.717) is 72.5 Å². The van der Waals surface area contributed by atoms with E-state index in [1.165, 1.54) is 72.0 Å². The number of anilines is 1. The van der Waals surface area contributed by atoms with Crippen molar-refractivity contribution in [1.29, 1.82) is 0 Å². The Morgan fingerprint density at radius 3 is 2.10 bits per heavy atom. The van der Waals surface area contributed by atoms with E-state index in [-0.39, 0.29) is 82.3 Å². The number of Topliss-reactive ketones (excluding diaryl/α,β-unsaturated/α-hetero) is 1. The van der Waals surface area contributed by atoms with Crippen LogP contribution in [0.25, 0.3) is 0 Å². The molecule has 92 heavy (non-hydrogen) atoms. The summed E-state index contributed by atoms with van der Waals surface area (Å²) in [5.74, 6) is -5.70. The monoisotopic (exact) mass is 1270 g/mol. The van der Waals surface area contributed by atoms with Crippen LogP contribution in [0.2, 0.25) is 0 Å². The number of amides is 7. The molecule has 6 atom stereocenters. The Morgan fingerprint density at radius 2 is 1.38 bits per heavy atom. The highest BCUT2D eigenvalue weighted by Gasteiger charge is 2.44. The van der Waals surface area contributed by atoms with Gasteiger partial charge in [-0.2, -0.15) is 0 Å². The topological polar surface area (TPSA) is 289 Å². The number of nitrogens with one attached hydrogen (secondary N) is 4. The normalized spacial score (nSPS) is 22.9. The molecule has 4 aromatic rings. The predicted molar refractivity (Wildman–Crippen MR) is 342 cm³/mol. The molecule has 1 unspecified atom stereocenters. The van der Waals surface area contributed by atoms with Crippen LogP contribution in [-0.2, 0) is 70.3 Å². The molecule has 7 rings (SSSR count). The highest BCUT2D eigenvalue weighted by atomic mass is 16.5. The summed E-state index contributed by atoms with van der Waals surface area (Å²) in [6.45, 7) is 7.35. The molecule has 3 heterocycles. The largest absolute Gasteiger partial charge is 0.508 e. The van der Waals surface area contributed by atoms with Gasteiger partial charge in [-0.05, 0) is 130 Å². The van der Waals surface area contributed by atoms with Crippen molar-refractivity contribution in [2.45, 2.75) is 135 Å². The van der Waals surface area contributed by atoms with Gasteiger partial charge in [0.25, 0.3) is 5.91 Å². The number of methoxy groups -OCH3 is 2. The minimum absolute atomic E-state index is 0.0189. The second-order valence-corrected chi connectivity index (χ2v) is 24.7. The fourth-order valence-corrected chi connectivity index (χ4v) is 11.5. The number of rotatable bonds is 10. The van der Waals surface area contributed by atoms with E-state index in [1.807, 2.05) is 19.9 Å². The van der Waals surface area contributed by atoms with Crippen LogP contribution in [0, 0.1) is 11.3 Å². The van der Waals surface area contributed by atoms with Crippen molar-refractivity contribution in [2.24, 2.45) is 11.3 Å². The number of aromatic hydroxyl groups is 1. The van der Waals surface area contributed by atoms with Crippen molar-refractivity contribution in [3.63, 3.8) is 0 Å². The number of hydrogen-bond acceptors (Lipinski definition) is 16. The molecule has 2 saturated heterocycles. The van der Waals surface area contributed by atoms with Gasteiger partial charge in [0, 0.05) is 77.8 Å². The van der Waals surface area contributed by atoms with E-state index in [0.717, 1.165) is 5.56 Å². The van der Waals surface area contributed by atoms with Crippen molar-refractivity contribution in [3.05, 3.63) is 131 Å². The first kappa shape index (κ1) is 70.3. The van der Waals surface area contributed by atoms with Crippen LogP contribution < -0.4 is 30.7 Å². The molecule has 2 fully saturated rings. The standard InChI is InChI=1S/C69H88N8O15/c1-44(2)39-54-65(85)74(5)38-35-70-34-15-23-60(81)91-43-69(3,4)62(82)67(87)77-36-13-12-21-53(77)68(88)92-55(30-26-46-27-31-56(89-7)57(41-46)90-8)48-19-14-20-49(42-48)71-58(79)32-33-59(80)73-61(47-17-10-9-11-18-47)63(83)72-51(40-45-24-28-50(78)29-25-45)64(84)76-37-16-22-52(76)66(86)75(54)6/h9-11,14-15,17-20,23-25,27-29,31,41-42,44,51-55,61,70,78H,12-13,16,21-22,26,30,32-40,43H2,1-8H3,(H,71,79)(H,72,83)(H,73,80)/t51-,52+,53-,54-,55+,61?/m0/s1.